The molecular weight excluding hydrogens is 695 g/mol. The van der Waals surface area contributed by atoms with Gasteiger partial charge in [-0.2, -0.15) is 0 Å². The van der Waals surface area contributed by atoms with Crippen LogP contribution in [0.4, 0.5) is 17.1 Å². The number of thiophene rings is 1. The molecule has 0 saturated carbocycles. The third kappa shape index (κ3) is 5.62. The predicted molar refractivity (Wildman–Crippen MR) is 243 cm³/mol. The van der Waals surface area contributed by atoms with Crippen LogP contribution in [0.3, 0.4) is 0 Å². The number of nitrogens with zero attached hydrogens (tertiary/aromatic N) is 1. The van der Waals surface area contributed by atoms with E-state index in [0.29, 0.717) is 0 Å². The lowest BCUT2D eigenvalue weighted by atomic mass is 9.96. The first-order chi connectivity index (χ1) is 27.7. The molecule has 0 saturated heterocycles. The largest absolute Gasteiger partial charge is 0.310 e. The molecule has 11 aromatic rings. The molecule has 0 spiro atoms. The van der Waals surface area contributed by atoms with Crippen molar-refractivity contribution in [3.05, 3.63) is 212 Å². The fourth-order valence-electron chi connectivity index (χ4n) is 8.39. The van der Waals surface area contributed by atoms with Gasteiger partial charge in [0.05, 0.1) is 0 Å². The third-order valence-electron chi connectivity index (χ3n) is 11.2. The van der Waals surface area contributed by atoms with Gasteiger partial charge in [0, 0.05) is 37.2 Å². The van der Waals surface area contributed by atoms with Gasteiger partial charge in [0.1, 0.15) is 0 Å². The molecule has 0 aliphatic rings. The standard InChI is InChI=1S/C54H35NS/c1-2-9-36(10-3-1)37-21-27-45(28-22-37)55(46-29-23-39(24-30-46)50-14-8-15-52-51-13-6-7-16-53(51)56-54(50)52)47-31-25-41-33-40(18-19-43(41)35-47)42-26-32-49-44(34-42)20-17-38-11-4-5-12-48(38)49/h1-35H. The van der Waals surface area contributed by atoms with Crippen LogP contribution >= 0.6 is 11.3 Å². The van der Waals surface area contributed by atoms with E-state index < -0.39 is 0 Å². The number of hydrogen-bond donors (Lipinski definition) is 0. The van der Waals surface area contributed by atoms with Gasteiger partial charge in [-0.25, -0.2) is 0 Å². The maximum atomic E-state index is 2.37. The number of benzene rings is 10. The summed E-state index contributed by atoms with van der Waals surface area (Å²) in [5.74, 6) is 0. The Morgan fingerprint density at radius 2 is 0.821 bits per heavy atom. The van der Waals surface area contributed by atoms with Crippen molar-refractivity contribution in [1.82, 2.24) is 0 Å². The van der Waals surface area contributed by atoms with Gasteiger partial charge >= 0.3 is 0 Å². The maximum absolute atomic E-state index is 2.37. The molecule has 1 heterocycles. The lowest BCUT2D eigenvalue weighted by molar-refractivity contribution is 1.29. The smallest absolute Gasteiger partial charge is 0.0468 e. The highest BCUT2D eigenvalue weighted by Crippen LogP contribution is 2.42. The van der Waals surface area contributed by atoms with Gasteiger partial charge < -0.3 is 4.90 Å². The average Bonchev–Trinajstić information content (AvgIpc) is 3.66. The molecule has 0 fully saturated rings. The van der Waals surface area contributed by atoms with Crippen molar-refractivity contribution in [2.45, 2.75) is 0 Å². The van der Waals surface area contributed by atoms with Gasteiger partial charge in [0.25, 0.3) is 0 Å². The van der Waals surface area contributed by atoms with Crippen LogP contribution in [-0.4, -0.2) is 0 Å². The molecule has 10 aromatic carbocycles. The molecule has 1 aromatic heterocycles. The van der Waals surface area contributed by atoms with E-state index in [1.165, 1.54) is 85.9 Å². The second-order valence-corrected chi connectivity index (χ2v) is 15.6. The minimum atomic E-state index is 1.11. The van der Waals surface area contributed by atoms with Gasteiger partial charge in [0.15, 0.2) is 0 Å². The van der Waals surface area contributed by atoms with Gasteiger partial charge in [-0.1, -0.05) is 158 Å². The Bertz CT molecular complexity index is 3230. The van der Waals surface area contributed by atoms with Crippen LogP contribution in [0.15, 0.2) is 212 Å². The SMILES string of the molecule is c1ccc(-c2ccc(N(c3ccc(-c4cccc5c4sc4ccccc45)cc3)c3ccc4cc(-c5ccc6c(ccc7ccccc76)c5)ccc4c3)cc2)cc1. The summed E-state index contributed by atoms with van der Waals surface area (Å²) in [6, 6.07) is 77.7. The molecule has 0 atom stereocenters. The van der Waals surface area contributed by atoms with Crippen LogP contribution in [0, 0.1) is 0 Å². The van der Waals surface area contributed by atoms with Crippen LogP contribution in [0.2, 0.25) is 0 Å². The fourth-order valence-corrected chi connectivity index (χ4v) is 9.63. The zero-order chi connectivity index (χ0) is 37.0. The summed E-state index contributed by atoms with van der Waals surface area (Å²) >= 11 is 1.88. The van der Waals surface area contributed by atoms with E-state index in [-0.39, 0.29) is 0 Å². The minimum absolute atomic E-state index is 1.11. The first-order valence-corrected chi connectivity index (χ1v) is 20.0. The second-order valence-electron chi connectivity index (χ2n) is 14.5. The van der Waals surface area contributed by atoms with E-state index in [9.17, 15) is 0 Å². The monoisotopic (exact) mass is 729 g/mol. The molecule has 262 valence electrons. The van der Waals surface area contributed by atoms with Crippen LogP contribution in [0.5, 0.6) is 0 Å². The Hall–Kier alpha value is -7.00. The van der Waals surface area contributed by atoms with Gasteiger partial charge in [0.2, 0.25) is 0 Å². The minimum Gasteiger partial charge on any atom is -0.310 e. The van der Waals surface area contributed by atoms with E-state index in [1.807, 2.05) is 11.3 Å². The van der Waals surface area contributed by atoms with Crippen molar-refractivity contribution in [1.29, 1.82) is 0 Å². The van der Waals surface area contributed by atoms with Gasteiger partial charge in [-0.05, 0) is 120 Å². The summed E-state index contributed by atoms with van der Waals surface area (Å²) in [6.45, 7) is 0. The van der Waals surface area contributed by atoms with Crippen molar-refractivity contribution < 1.29 is 0 Å². The molecule has 0 N–H and O–H groups in total. The Balaban J connectivity index is 0.979. The highest BCUT2D eigenvalue weighted by atomic mass is 32.1. The number of anilines is 3. The number of hydrogen-bond acceptors (Lipinski definition) is 2. The fraction of sp³-hybridized carbons (Fsp3) is 0. The van der Waals surface area contributed by atoms with Crippen molar-refractivity contribution in [2.24, 2.45) is 0 Å². The Labute approximate surface area is 330 Å². The maximum Gasteiger partial charge on any atom is 0.0468 e. The number of rotatable bonds is 6. The molecule has 0 aliphatic heterocycles. The summed E-state index contributed by atoms with van der Waals surface area (Å²) in [6.07, 6.45) is 0. The molecule has 0 bridgehead atoms. The highest BCUT2D eigenvalue weighted by Gasteiger charge is 2.16. The third-order valence-corrected chi connectivity index (χ3v) is 12.5. The Morgan fingerprint density at radius 3 is 1.64 bits per heavy atom. The first kappa shape index (κ1) is 32.4. The van der Waals surface area contributed by atoms with Crippen molar-refractivity contribution >= 4 is 80.9 Å². The molecule has 0 radical (unpaired) electrons. The van der Waals surface area contributed by atoms with Gasteiger partial charge in [-0.15, -0.1) is 11.3 Å². The van der Waals surface area contributed by atoms with Crippen LogP contribution in [0.1, 0.15) is 0 Å². The van der Waals surface area contributed by atoms with E-state index >= 15 is 0 Å². The molecule has 11 rings (SSSR count). The molecule has 1 nitrogen and oxygen atoms in total. The highest BCUT2D eigenvalue weighted by molar-refractivity contribution is 7.26. The van der Waals surface area contributed by atoms with Crippen molar-refractivity contribution in [3.63, 3.8) is 0 Å². The van der Waals surface area contributed by atoms with Crippen LogP contribution in [0.25, 0.3) is 85.9 Å². The van der Waals surface area contributed by atoms with E-state index in [1.54, 1.807) is 0 Å². The second kappa shape index (κ2) is 13.4. The molecular formula is C54H35NS. The predicted octanol–water partition coefficient (Wildman–Crippen LogP) is 16.0. The van der Waals surface area contributed by atoms with Gasteiger partial charge in [-0.3, -0.25) is 0 Å². The first-order valence-electron chi connectivity index (χ1n) is 19.2. The van der Waals surface area contributed by atoms with Crippen molar-refractivity contribution in [2.75, 3.05) is 4.90 Å². The Morgan fingerprint density at radius 1 is 0.286 bits per heavy atom. The lowest BCUT2D eigenvalue weighted by Gasteiger charge is -2.26. The molecule has 0 unspecified atom stereocenters. The quantitative estimate of drug-likeness (QED) is 0.154. The molecule has 56 heavy (non-hydrogen) atoms. The molecule has 0 amide bonds. The summed E-state index contributed by atoms with van der Waals surface area (Å²) in [7, 11) is 0. The summed E-state index contributed by atoms with van der Waals surface area (Å²) in [5.41, 5.74) is 10.7. The topological polar surface area (TPSA) is 3.24 Å². The van der Waals surface area contributed by atoms with Crippen LogP contribution in [-0.2, 0) is 0 Å². The summed E-state index contributed by atoms with van der Waals surface area (Å²) < 4.78 is 2.66. The van der Waals surface area contributed by atoms with Crippen molar-refractivity contribution in [3.8, 4) is 33.4 Å². The van der Waals surface area contributed by atoms with E-state index in [0.717, 1.165) is 17.1 Å². The average molecular weight is 730 g/mol. The lowest BCUT2D eigenvalue weighted by Crippen LogP contribution is -2.09. The zero-order valence-corrected chi connectivity index (χ0v) is 31.4. The number of fused-ring (bicyclic) bond motifs is 7. The Kier molecular flexibility index (Phi) is 7.75. The molecule has 0 aliphatic carbocycles. The normalized spacial score (nSPS) is 11.6. The van der Waals surface area contributed by atoms with Crippen LogP contribution < -0.4 is 4.90 Å². The molecule has 2 heteroatoms. The van der Waals surface area contributed by atoms with E-state index in [4.69, 9.17) is 0 Å². The van der Waals surface area contributed by atoms with E-state index in [2.05, 4.69) is 217 Å². The summed E-state index contributed by atoms with van der Waals surface area (Å²) in [4.78, 5) is 2.37. The summed E-state index contributed by atoms with van der Waals surface area (Å²) in [5, 5.41) is 10.2. The zero-order valence-electron chi connectivity index (χ0n) is 30.6.